The van der Waals surface area contributed by atoms with Gasteiger partial charge in [0.2, 0.25) is 0 Å². The quantitative estimate of drug-likeness (QED) is 0.526. The number of carbonyl (C=O) groups excluding carboxylic acids is 1. The molecule has 24 heavy (non-hydrogen) atoms. The molecule has 0 aliphatic heterocycles. The van der Waals surface area contributed by atoms with Crippen molar-refractivity contribution in [3.05, 3.63) is 69.6 Å². The van der Waals surface area contributed by atoms with E-state index >= 15 is 0 Å². The summed E-state index contributed by atoms with van der Waals surface area (Å²) in [5.74, 6) is 0.245. The Labute approximate surface area is 141 Å². The van der Waals surface area contributed by atoms with E-state index in [9.17, 15) is 9.59 Å². The first kappa shape index (κ1) is 15.9. The van der Waals surface area contributed by atoms with Gasteiger partial charge in [-0.3, -0.25) is 9.20 Å². The van der Waals surface area contributed by atoms with E-state index in [1.165, 1.54) is 27.9 Å². The molecule has 7 heteroatoms. The number of benzene rings is 1. The molecule has 0 saturated heterocycles. The molecule has 2 heterocycles. The Balaban J connectivity index is 1.61. The predicted octanol–water partition coefficient (Wildman–Crippen LogP) is 2.52. The van der Waals surface area contributed by atoms with E-state index < -0.39 is 5.97 Å². The van der Waals surface area contributed by atoms with Gasteiger partial charge in [-0.1, -0.05) is 12.1 Å². The summed E-state index contributed by atoms with van der Waals surface area (Å²) in [6.45, 7) is -0.0462. The van der Waals surface area contributed by atoms with E-state index in [1.807, 2.05) is 12.1 Å². The third kappa shape index (κ3) is 3.69. The normalized spacial score (nSPS) is 11.0. The third-order valence-electron chi connectivity index (χ3n) is 3.25. The standard InChI is InChI=1S/C17H14N2O4S/c1-22-14-5-2-12(3-6-14)4-7-16(21)23-11-13-10-15(20)19-8-9-24-17(19)18-13/h2-10H,11H2,1H3. The summed E-state index contributed by atoms with van der Waals surface area (Å²) in [6.07, 6.45) is 4.63. The minimum Gasteiger partial charge on any atom is -0.497 e. The van der Waals surface area contributed by atoms with Crippen LogP contribution in [0.1, 0.15) is 11.3 Å². The lowest BCUT2D eigenvalue weighted by molar-refractivity contribution is -0.139. The van der Waals surface area contributed by atoms with Crippen LogP contribution in [0.3, 0.4) is 0 Å². The average molecular weight is 342 g/mol. The van der Waals surface area contributed by atoms with Gasteiger partial charge in [-0.05, 0) is 23.8 Å². The molecule has 3 rings (SSSR count). The molecule has 0 aliphatic rings. The van der Waals surface area contributed by atoms with Crippen LogP contribution in [0.25, 0.3) is 11.0 Å². The van der Waals surface area contributed by atoms with Gasteiger partial charge in [-0.2, -0.15) is 0 Å². The largest absolute Gasteiger partial charge is 0.497 e. The fraction of sp³-hybridized carbons (Fsp3) is 0.118. The lowest BCUT2D eigenvalue weighted by Gasteiger charge is -2.02. The van der Waals surface area contributed by atoms with Gasteiger partial charge in [-0.15, -0.1) is 11.3 Å². The minimum atomic E-state index is -0.501. The summed E-state index contributed by atoms with van der Waals surface area (Å²) in [6, 6.07) is 8.63. The summed E-state index contributed by atoms with van der Waals surface area (Å²) in [5, 5.41) is 1.77. The smallest absolute Gasteiger partial charge is 0.331 e. The molecule has 0 unspecified atom stereocenters. The van der Waals surface area contributed by atoms with Crippen LogP contribution < -0.4 is 10.3 Å². The van der Waals surface area contributed by atoms with Crippen molar-refractivity contribution in [1.29, 1.82) is 0 Å². The minimum absolute atomic E-state index is 0.0462. The maximum absolute atomic E-state index is 11.8. The third-order valence-corrected chi connectivity index (χ3v) is 4.00. The SMILES string of the molecule is COc1ccc(C=CC(=O)OCc2cc(=O)n3ccsc3n2)cc1. The van der Waals surface area contributed by atoms with Gasteiger partial charge in [0.15, 0.2) is 4.96 Å². The summed E-state index contributed by atoms with van der Waals surface area (Å²) in [4.78, 5) is 28.4. The molecule has 2 aromatic heterocycles. The Morgan fingerprint density at radius 3 is 2.88 bits per heavy atom. The number of nitrogens with zero attached hydrogens (tertiary/aromatic N) is 2. The number of rotatable bonds is 5. The zero-order valence-corrected chi connectivity index (χ0v) is 13.7. The molecular weight excluding hydrogens is 328 g/mol. The van der Waals surface area contributed by atoms with Crippen molar-refractivity contribution in [3.63, 3.8) is 0 Å². The van der Waals surface area contributed by atoms with Gasteiger partial charge in [0, 0.05) is 23.7 Å². The van der Waals surface area contributed by atoms with Crippen LogP contribution in [0, 0.1) is 0 Å². The summed E-state index contributed by atoms with van der Waals surface area (Å²) in [7, 11) is 1.59. The summed E-state index contributed by atoms with van der Waals surface area (Å²) < 4.78 is 11.6. The van der Waals surface area contributed by atoms with Crippen molar-refractivity contribution in [1.82, 2.24) is 9.38 Å². The van der Waals surface area contributed by atoms with Crippen molar-refractivity contribution < 1.29 is 14.3 Å². The number of methoxy groups -OCH3 is 1. The van der Waals surface area contributed by atoms with E-state index in [0.29, 0.717) is 10.7 Å². The van der Waals surface area contributed by atoms with Crippen molar-refractivity contribution in [2.45, 2.75) is 6.61 Å². The Bertz CT molecular complexity index is 941. The fourth-order valence-corrected chi connectivity index (χ4v) is 2.77. The first-order valence-corrected chi connectivity index (χ1v) is 7.98. The summed E-state index contributed by atoms with van der Waals surface area (Å²) in [5.41, 5.74) is 1.08. The zero-order chi connectivity index (χ0) is 16.9. The Morgan fingerprint density at radius 1 is 1.33 bits per heavy atom. The Kier molecular flexibility index (Phi) is 4.72. The van der Waals surface area contributed by atoms with Gasteiger partial charge in [0.1, 0.15) is 12.4 Å². The van der Waals surface area contributed by atoms with Crippen LogP contribution in [-0.4, -0.2) is 22.5 Å². The average Bonchev–Trinajstić information content (AvgIpc) is 3.08. The molecule has 1 aromatic carbocycles. The number of esters is 1. The molecule has 0 aliphatic carbocycles. The molecule has 122 valence electrons. The van der Waals surface area contributed by atoms with Gasteiger partial charge < -0.3 is 9.47 Å². The van der Waals surface area contributed by atoms with Crippen LogP contribution in [0.15, 0.2) is 52.8 Å². The van der Waals surface area contributed by atoms with Crippen molar-refractivity contribution in [2.24, 2.45) is 0 Å². The maximum atomic E-state index is 11.8. The highest BCUT2D eigenvalue weighted by Crippen LogP contribution is 2.12. The van der Waals surface area contributed by atoms with E-state index in [0.717, 1.165) is 11.3 Å². The van der Waals surface area contributed by atoms with Crippen LogP contribution >= 0.6 is 11.3 Å². The van der Waals surface area contributed by atoms with E-state index in [-0.39, 0.29) is 12.2 Å². The second-order valence-electron chi connectivity index (χ2n) is 4.86. The van der Waals surface area contributed by atoms with Crippen molar-refractivity contribution >= 4 is 28.3 Å². The van der Waals surface area contributed by atoms with Gasteiger partial charge >= 0.3 is 5.97 Å². The van der Waals surface area contributed by atoms with Crippen LogP contribution in [0.4, 0.5) is 0 Å². The molecule has 0 bridgehead atoms. The monoisotopic (exact) mass is 342 g/mol. The first-order chi connectivity index (χ1) is 11.7. The van der Waals surface area contributed by atoms with Crippen LogP contribution in [-0.2, 0) is 16.1 Å². The number of aromatic nitrogens is 2. The molecule has 0 saturated carbocycles. The molecule has 0 N–H and O–H groups in total. The van der Waals surface area contributed by atoms with E-state index in [4.69, 9.17) is 9.47 Å². The maximum Gasteiger partial charge on any atom is 0.331 e. The Hall–Kier alpha value is -2.93. The first-order valence-electron chi connectivity index (χ1n) is 7.10. The molecule has 0 fully saturated rings. The highest BCUT2D eigenvalue weighted by molar-refractivity contribution is 7.15. The van der Waals surface area contributed by atoms with Crippen molar-refractivity contribution in [2.75, 3.05) is 7.11 Å². The number of ether oxygens (including phenoxy) is 2. The number of fused-ring (bicyclic) bond motifs is 1. The van der Waals surface area contributed by atoms with Crippen LogP contribution in [0.5, 0.6) is 5.75 Å². The predicted molar refractivity (Wildman–Crippen MR) is 91.2 cm³/mol. The van der Waals surface area contributed by atoms with Gasteiger partial charge in [0.05, 0.1) is 12.8 Å². The summed E-state index contributed by atoms with van der Waals surface area (Å²) >= 11 is 1.35. The molecule has 0 amide bonds. The number of thiazole rings is 1. The van der Waals surface area contributed by atoms with E-state index in [1.54, 1.807) is 36.9 Å². The second kappa shape index (κ2) is 7.10. The molecule has 0 spiro atoms. The Morgan fingerprint density at radius 2 is 2.12 bits per heavy atom. The molecular formula is C17H14N2O4S. The molecule has 0 radical (unpaired) electrons. The fourth-order valence-electron chi connectivity index (χ4n) is 2.03. The molecule has 0 atom stereocenters. The zero-order valence-electron chi connectivity index (χ0n) is 12.8. The second-order valence-corrected chi connectivity index (χ2v) is 5.73. The van der Waals surface area contributed by atoms with Gasteiger partial charge in [-0.25, -0.2) is 9.78 Å². The van der Waals surface area contributed by atoms with Crippen LogP contribution in [0.2, 0.25) is 0 Å². The molecule has 6 nitrogen and oxygen atoms in total. The van der Waals surface area contributed by atoms with E-state index in [2.05, 4.69) is 4.98 Å². The lowest BCUT2D eigenvalue weighted by Crippen LogP contribution is -2.14. The van der Waals surface area contributed by atoms with Crippen molar-refractivity contribution in [3.8, 4) is 5.75 Å². The highest BCUT2D eigenvalue weighted by atomic mass is 32.1. The van der Waals surface area contributed by atoms with Gasteiger partial charge in [0.25, 0.3) is 5.56 Å². The lowest BCUT2D eigenvalue weighted by atomic mass is 10.2. The number of hydrogen-bond donors (Lipinski definition) is 0. The number of hydrogen-bond acceptors (Lipinski definition) is 6. The number of carbonyl (C=O) groups is 1. The highest BCUT2D eigenvalue weighted by Gasteiger charge is 2.05. The molecule has 3 aromatic rings. The topological polar surface area (TPSA) is 69.9 Å².